The van der Waals surface area contributed by atoms with Crippen LogP contribution < -0.4 is 10.2 Å². The van der Waals surface area contributed by atoms with Gasteiger partial charge in [0.25, 0.3) is 0 Å². The van der Waals surface area contributed by atoms with Gasteiger partial charge in [-0.05, 0) is 24.7 Å². The highest BCUT2D eigenvalue weighted by Gasteiger charge is 2.20. The zero-order valence-electron chi connectivity index (χ0n) is 16.4. The molecular formula is C21H30N6. The van der Waals surface area contributed by atoms with Crippen molar-refractivity contribution in [3.8, 4) is 0 Å². The van der Waals surface area contributed by atoms with E-state index in [1.807, 2.05) is 25.4 Å². The van der Waals surface area contributed by atoms with Gasteiger partial charge in [0.2, 0.25) is 0 Å². The van der Waals surface area contributed by atoms with E-state index in [2.05, 4.69) is 73.4 Å². The third-order valence-electron chi connectivity index (χ3n) is 4.84. The molecule has 0 radical (unpaired) electrons. The number of benzene rings is 1. The molecule has 6 heteroatoms. The summed E-state index contributed by atoms with van der Waals surface area (Å²) < 4.78 is 0. The van der Waals surface area contributed by atoms with Gasteiger partial charge in [0.15, 0.2) is 5.96 Å². The predicted octanol–water partition coefficient (Wildman–Crippen LogP) is 1.91. The second-order valence-corrected chi connectivity index (χ2v) is 6.86. The van der Waals surface area contributed by atoms with Crippen molar-refractivity contribution in [2.24, 2.45) is 4.99 Å². The van der Waals surface area contributed by atoms with Crippen molar-refractivity contribution in [3.63, 3.8) is 0 Å². The number of likely N-dealkylation sites (N-methyl/N-ethyl adjacent to an activating group) is 1. The van der Waals surface area contributed by atoms with Gasteiger partial charge in [-0.25, -0.2) is 4.98 Å². The molecule has 0 saturated carbocycles. The summed E-state index contributed by atoms with van der Waals surface area (Å²) in [4.78, 5) is 15.9. The number of anilines is 1. The average molecular weight is 367 g/mol. The van der Waals surface area contributed by atoms with E-state index in [0.29, 0.717) is 0 Å². The van der Waals surface area contributed by atoms with E-state index >= 15 is 0 Å². The molecule has 1 aliphatic rings. The van der Waals surface area contributed by atoms with Crippen LogP contribution in [0.4, 0.5) is 5.82 Å². The highest BCUT2D eigenvalue weighted by atomic mass is 15.4. The number of nitrogens with one attached hydrogen (secondary N) is 1. The molecule has 27 heavy (non-hydrogen) atoms. The van der Waals surface area contributed by atoms with Crippen molar-refractivity contribution in [1.29, 1.82) is 0 Å². The van der Waals surface area contributed by atoms with Crippen molar-refractivity contribution in [2.45, 2.75) is 6.54 Å². The molecule has 0 aliphatic carbocycles. The number of pyridine rings is 1. The second kappa shape index (κ2) is 9.92. The molecule has 0 amide bonds. The first-order valence-electron chi connectivity index (χ1n) is 9.60. The number of aromatic nitrogens is 1. The molecule has 6 nitrogen and oxygen atoms in total. The molecule has 3 rings (SSSR count). The molecule has 1 N–H and O–H groups in total. The van der Waals surface area contributed by atoms with Gasteiger partial charge < -0.3 is 20.0 Å². The molecular weight excluding hydrogens is 336 g/mol. The number of piperazine rings is 1. The number of hydrogen-bond acceptors (Lipinski definition) is 4. The van der Waals surface area contributed by atoms with Crippen LogP contribution in [0, 0.1) is 0 Å². The Morgan fingerprint density at radius 2 is 1.81 bits per heavy atom. The van der Waals surface area contributed by atoms with Crippen LogP contribution in [0.2, 0.25) is 0 Å². The van der Waals surface area contributed by atoms with Gasteiger partial charge in [-0.15, -0.1) is 0 Å². The summed E-state index contributed by atoms with van der Waals surface area (Å²) in [5.41, 5.74) is 1.34. The highest BCUT2D eigenvalue weighted by Crippen LogP contribution is 2.12. The van der Waals surface area contributed by atoms with E-state index < -0.39 is 0 Å². The fourth-order valence-electron chi connectivity index (χ4n) is 3.35. The van der Waals surface area contributed by atoms with Crippen LogP contribution in [0.3, 0.4) is 0 Å². The molecule has 0 bridgehead atoms. The van der Waals surface area contributed by atoms with Crippen molar-refractivity contribution in [1.82, 2.24) is 20.1 Å². The summed E-state index contributed by atoms with van der Waals surface area (Å²) >= 11 is 0. The Kier molecular flexibility index (Phi) is 7.04. The molecule has 0 atom stereocenters. The Labute approximate surface area is 162 Å². The molecule has 2 aromatic rings. The summed E-state index contributed by atoms with van der Waals surface area (Å²) in [6.07, 6.45) is 1.86. The summed E-state index contributed by atoms with van der Waals surface area (Å²) in [5.74, 6) is 2.05. The highest BCUT2D eigenvalue weighted by molar-refractivity contribution is 5.80. The van der Waals surface area contributed by atoms with Crippen LogP contribution in [-0.2, 0) is 6.54 Å². The predicted molar refractivity (Wildman–Crippen MR) is 112 cm³/mol. The Hall–Kier alpha value is -2.60. The molecule has 1 fully saturated rings. The summed E-state index contributed by atoms with van der Waals surface area (Å²) in [6, 6.07) is 16.7. The van der Waals surface area contributed by atoms with Gasteiger partial charge in [0.05, 0.1) is 0 Å². The van der Waals surface area contributed by atoms with Crippen molar-refractivity contribution in [3.05, 3.63) is 60.3 Å². The minimum Gasteiger partial charge on any atom is -0.355 e. The lowest BCUT2D eigenvalue weighted by molar-refractivity contribution is 0.324. The first-order chi connectivity index (χ1) is 13.3. The van der Waals surface area contributed by atoms with Crippen molar-refractivity contribution >= 4 is 11.8 Å². The van der Waals surface area contributed by atoms with Gasteiger partial charge >= 0.3 is 0 Å². The Morgan fingerprint density at radius 3 is 2.48 bits per heavy atom. The first-order valence-corrected chi connectivity index (χ1v) is 9.60. The van der Waals surface area contributed by atoms with E-state index in [9.17, 15) is 0 Å². The van der Waals surface area contributed by atoms with Crippen LogP contribution >= 0.6 is 0 Å². The number of rotatable bonds is 6. The van der Waals surface area contributed by atoms with E-state index in [1.54, 1.807) is 0 Å². The lowest BCUT2D eigenvalue weighted by Crippen LogP contribution is -2.53. The minimum absolute atomic E-state index is 0.885. The van der Waals surface area contributed by atoms with Crippen molar-refractivity contribution < 1.29 is 0 Å². The normalized spacial score (nSPS) is 15.3. The Balaban J connectivity index is 1.41. The van der Waals surface area contributed by atoms with E-state index in [0.717, 1.165) is 57.6 Å². The van der Waals surface area contributed by atoms with Crippen LogP contribution in [-0.4, -0.2) is 74.1 Å². The minimum atomic E-state index is 0.885. The molecule has 1 aromatic carbocycles. The summed E-state index contributed by atoms with van der Waals surface area (Å²) in [6.45, 7) is 6.66. The SMILES string of the molecule is CN=C(NCCN(C)Cc1ccccc1)N1CCN(c2ccccn2)CC1. The molecule has 1 aromatic heterocycles. The van der Waals surface area contributed by atoms with E-state index in [1.165, 1.54) is 5.56 Å². The zero-order chi connectivity index (χ0) is 18.9. The molecule has 1 aliphatic heterocycles. The fourth-order valence-corrected chi connectivity index (χ4v) is 3.35. The smallest absolute Gasteiger partial charge is 0.193 e. The third kappa shape index (κ3) is 5.69. The standard InChI is InChI=1S/C21H30N6/c1-22-21(24-12-13-25(2)18-19-8-4-3-5-9-19)27-16-14-26(15-17-27)20-10-6-7-11-23-20/h3-11H,12-18H2,1-2H3,(H,22,24). The van der Waals surface area contributed by atoms with Gasteiger partial charge in [-0.1, -0.05) is 36.4 Å². The lowest BCUT2D eigenvalue weighted by atomic mass is 10.2. The number of guanidine groups is 1. The first kappa shape index (κ1) is 19.2. The maximum Gasteiger partial charge on any atom is 0.193 e. The average Bonchev–Trinajstić information content (AvgIpc) is 2.73. The quantitative estimate of drug-likeness (QED) is 0.625. The molecule has 0 spiro atoms. The monoisotopic (exact) mass is 366 g/mol. The fraction of sp³-hybridized carbons (Fsp3) is 0.429. The number of aliphatic imine (C=N–C) groups is 1. The summed E-state index contributed by atoms with van der Waals surface area (Å²) in [5, 5.41) is 3.51. The van der Waals surface area contributed by atoms with Crippen LogP contribution in [0.25, 0.3) is 0 Å². The molecule has 1 saturated heterocycles. The molecule has 144 valence electrons. The number of hydrogen-bond donors (Lipinski definition) is 1. The van der Waals surface area contributed by atoms with Gasteiger partial charge in [0.1, 0.15) is 5.82 Å². The number of nitrogens with zero attached hydrogens (tertiary/aromatic N) is 5. The second-order valence-electron chi connectivity index (χ2n) is 6.86. The maximum atomic E-state index is 4.47. The zero-order valence-corrected chi connectivity index (χ0v) is 16.4. The Bertz CT molecular complexity index is 695. The van der Waals surface area contributed by atoms with Crippen molar-refractivity contribution in [2.75, 3.05) is 58.3 Å². The summed E-state index contributed by atoms with van der Waals surface area (Å²) in [7, 11) is 4.02. The topological polar surface area (TPSA) is 47.0 Å². The van der Waals surface area contributed by atoms with E-state index in [-0.39, 0.29) is 0 Å². The van der Waals surface area contributed by atoms with Gasteiger partial charge in [0, 0.05) is 59.1 Å². The largest absolute Gasteiger partial charge is 0.355 e. The van der Waals surface area contributed by atoms with Crippen LogP contribution in [0.15, 0.2) is 59.7 Å². The third-order valence-corrected chi connectivity index (χ3v) is 4.84. The van der Waals surface area contributed by atoms with Crippen LogP contribution in [0.5, 0.6) is 0 Å². The molecule has 0 unspecified atom stereocenters. The van der Waals surface area contributed by atoms with Gasteiger partial charge in [-0.3, -0.25) is 4.99 Å². The molecule has 2 heterocycles. The van der Waals surface area contributed by atoms with Crippen LogP contribution in [0.1, 0.15) is 5.56 Å². The maximum absolute atomic E-state index is 4.47. The van der Waals surface area contributed by atoms with E-state index in [4.69, 9.17) is 0 Å². The van der Waals surface area contributed by atoms with Gasteiger partial charge in [-0.2, -0.15) is 0 Å². The lowest BCUT2D eigenvalue weighted by Gasteiger charge is -2.37. The Morgan fingerprint density at radius 1 is 1.07 bits per heavy atom.